The summed E-state index contributed by atoms with van der Waals surface area (Å²) in [4.78, 5) is 37.2. The number of carbonyl (C=O) groups is 3. The van der Waals surface area contributed by atoms with Crippen LogP contribution >= 0.6 is 0 Å². The van der Waals surface area contributed by atoms with Crippen molar-refractivity contribution in [2.24, 2.45) is 5.41 Å². The van der Waals surface area contributed by atoms with E-state index in [0.29, 0.717) is 16.9 Å². The Morgan fingerprint density at radius 3 is 2.18 bits per heavy atom. The molecule has 0 atom stereocenters. The average molecular weight is 451 g/mol. The van der Waals surface area contributed by atoms with Crippen molar-refractivity contribution in [3.8, 4) is 0 Å². The molecule has 4 N–H and O–H groups in total. The van der Waals surface area contributed by atoms with Crippen LogP contribution in [-0.4, -0.2) is 30.3 Å². The zero-order valence-electron chi connectivity index (χ0n) is 19.7. The van der Waals surface area contributed by atoms with E-state index in [4.69, 9.17) is 0 Å². The third-order valence-electron chi connectivity index (χ3n) is 5.60. The molecule has 0 radical (unpaired) electrons. The highest BCUT2D eigenvalue weighted by Crippen LogP contribution is 2.21. The van der Waals surface area contributed by atoms with E-state index in [0.717, 1.165) is 31.4 Å². The number of nitrogens with one attached hydrogen (secondary N) is 4. The highest BCUT2D eigenvalue weighted by Gasteiger charge is 2.21. The van der Waals surface area contributed by atoms with Crippen LogP contribution in [0.1, 0.15) is 63.2 Å². The van der Waals surface area contributed by atoms with Crippen molar-refractivity contribution < 1.29 is 14.4 Å². The summed E-state index contributed by atoms with van der Waals surface area (Å²) in [6.45, 7) is 5.60. The van der Waals surface area contributed by atoms with Gasteiger partial charge in [0.2, 0.25) is 11.8 Å². The van der Waals surface area contributed by atoms with Gasteiger partial charge in [0, 0.05) is 34.1 Å². The van der Waals surface area contributed by atoms with E-state index in [1.807, 2.05) is 32.9 Å². The average Bonchev–Trinajstić information content (AvgIpc) is 2.78. The summed E-state index contributed by atoms with van der Waals surface area (Å²) < 4.78 is 0. The van der Waals surface area contributed by atoms with Crippen molar-refractivity contribution in [2.75, 3.05) is 22.5 Å². The van der Waals surface area contributed by atoms with Crippen LogP contribution in [0.25, 0.3) is 0 Å². The number of hydrogen-bond acceptors (Lipinski definition) is 4. The maximum atomic E-state index is 12.6. The maximum absolute atomic E-state index is 12.6. The van der Waals surface area contributed by atoms with Crippen molar-refractivity contribution >= 4 is 34.8 Å². The minimum absolute atomic E-state index is 0.0508. The SMILES string of the molecule is CC(C)(C)C(=O)Nc1cccc(NCC(=O)Nc2cccc(C(=O)NC3CCCCC3)c2)c1. The minimum atomic E-state index is -0.495. The Bertz CT molecular complexity index is 991. The standard InChI is InChI=1S/C26H34N4O3/c1-26(2,3)25(33)30-22-14-8-12-20(16-22)27-17-23(31)28-21-13-7-9-18(15-21)24(32)29-19-10-5-4-6-11-19/h7-9,12-16,19,27H,4-6,10-11,17H2,1-3H3,(H,28,31)(H,29,32)(H,30,33). The normalized spacial score (nSPS) is 14.3. The lowest BCUT2D eigenvalue weighted by molar-refractivity contribution is -0.123. The van der Waals surface area contributed by atoms with Gasteiger partial charge in [-0.15, -0.1) is 0 Å². The molecule has 1 aliphatic rings. The molecule has 2 aromatic carbocycles. The summed E-state index contributed by atoms with van der Waals surface area (Å²) in [6, 6.07) is 14.4. The molecular formula is C26H34N4O3. The molecule has 7 nitrogen and oxygen atoms in total. The van der Waals surface area contributed by atoms with E-state index in [1.54, 1.807) is 36.4 Å². The van der Waals surface area contributed by atoms with Crippen LogP contribution in [0.2, 0.25) is 0 Å². The van der Waals surface area contributed by atoms with Crippen LogP contribution in [0.15, 0.2) is 48.5 Å². The zero-order chi connectivity index (χ0) is 23.8. The van der Waals surface area contributed by atoms with Crippen LogP contribution in [0.4, 0.5) is 17.1 Å². The number of amides is 3. The van der Waals surface area contributed by atoms with Gasteiger partial charge in [-0.3, -0.25) is 14.4 Å². The predicted octanol–water partition coefficient (Wildman–Crippen LogP) is 4.78. The molecule has 1 aliphatic carbocycles. The van der Waals surface area contributed by atoms with Gasteiger partial charge < -0.3 is 21.3 Å². The summed E-state index contributed by atoms with van der Waals surface area (Å²) in [7, 11) is 0. The van der Waals surface area contributed by atoms with Crippen molar-refractivity contribution in [2.45, 2.75) is 58.9 Å². The topological polar surface area (TPSA) is 99.3 Å². The van der Waals surface area contributed by atoms with Crippen LogP contribution in [0, 0.1) is 5.41 Å². The first kappa shape index (κ1) is 24.3. The molecule has 0 aliphatic heterocycles. The molecule has 0 saturated heterocycles. The number of carbonyl (C=O) groups excluding carboxylic acids is 3. The Morgan fingerprint density at radius 1 is 0.848 bits per heavy atom. The number of rotatable bonds is 7. The quantitative estimate of drug-likeness (QED) is 0.488. The van der Waals surface area contributed by atoms with Gasteiger partial charge in [0.1, 0.15) is 0 Å². The van der Waals surface area contributed by atoms with Crippen LogP contribution in [0.3, 0.4) is 0 Å². The molecule has 2 aromatic rings. The van der Waals surface area contributed by atoms with Gasteiger partial charge in [-0.05, 0) is 49.2 Å². The van der Waals surface area contributed by atoms with Crippen molar-refractivity contribution in [1.29, 1.82) is 0 Å². The molecule has 176 valence electrons. The van der Waals surface area contributed by atoms with Gasteiger partial charge in [0.15, 0.2) is 0 Å². The summed E-state index contributed by atoms with van der Waals surface area (Å²) in [5, 5.41) is 11.9. The van der Waals surface area contributed by atoms with Crippen LogP contribution < -0.4 is 21.3 Å². The first-order valence-electron chi connectivity index (χ1n) is 11.6. The highest BCUT2D eigenvalue weighted by molar-refractivity contribution is 5.98. The second-order valence-corrected chi connectivity index (χ2v) is 9.58. The largest absolute Gasteiger partial charge is 0.376 e. The third-order valence-corrected chi connectivity index (χ3v) is 5.60. The van der Waals surface area contributed by atoms with Gasteiger partial charge in [-0.1, -0.05) is 52.2 Å². The Balaban J connectivity index is 1.52. The minimum Gasteiger partial charge on any atom is -0.376 e. The Morgan fingerprint density at radius 2 is 1.48 bits per heavy atom. The molecule has 33 heavy (non-hydrogen) atoms. The summed E-state index contributed by atoms with van der Waals surface area (Å²) >= 11 is 0. The first-order chi connectivity index (χ1) is 15.7. The molecule has 0 bridgehead atoms. The van der Waals surface area contributed by atoms with Crippen molar-refractivity contribution in [3.63, 3.8) is 0 Å². The Labute approximate surface area is 195 Å². The van der Waals surface area contributed by atoms with E-state index < -0.39 is 5.41 Å². The van der Waals surface area contributed by atoms with Gasteiger partial charge in [0.25, 0.3) is 5.91 Å². The lowest BCUT2D eigenvalue weighted by atomic mass is 9.95. The van der Waals surface area contributed by atoms with Crippen molar-refractivity contribution in [3.05, 3.63) is 54.1 Å². The van der Waals surface area contributed by atoms with Gasteiger partial charge in [-0.2, -0.15) is 0 Å². The van der Waals surface area contributed by atoms with Gasteiger partial charge in [0.05, 0.1) is 6.54 Å². The first-order valence-corrected chi connectivity index (χ1v) is 11.6. The Kier molecular flexibility index (Phi) is 8.09. The molecule has 3 rings (SSSR count). The molecule has 0 unspecified atom stereocenters. The van der Waals surface area contributed by atoms with Crippen LogP contribution in [-0.2, 0) is 9.59 Å². The molecule has 3 amide bonds. The van der Waals surface area contributed by atoms with E-state index in [2.05, 4.69) is 21.3 Å². The fourth-order valence-electron chi connectivity index (χ4n) is 3.67. The fourth-order valence-corrected chi connectivity index (χ4v) is 3.67. The molecule has 1 fully saturated rings. The number of hydrogen-bond donors (Lipinski definition) is 4. The van der Waals surface area contributed by atoms with E-state index in [9.17, 15) is 14.4 Å². The predicted molar refractivity (Wildman–Crippen MR) is 132 cm³/mol. The molecule has 7 heteroatoms. The van der Waals surface area contributed by atoms with E-state index in [-0.39, 0.29) is 30.3 Å². The molecular weight excluding hydrogens is 416 g/mol. The molecule has 1 saturated carbocycles. The second-order valence-electron chi connectivity index (χ2n) is 9.58. The summed E-state index contributed by atoms with van der Waals surface area (Å²) in [6.07, 6.45) is 5.58. The van der Waals surface area contributed by atoms with Crippen LogP contribution in [0.5, 0.6) is 0 Å². The molecule has 0 aromatic heterocycles. The maximum Gasteiger partial charge on any atom is 0.251 e. The van der Waals surface area contributed by atoms with E-state index in [1.165, 1.54) is 6.42 Å². The Hall–Kier alpha value is -3.35. The number of anilines is 3. The summed E-state index contributed by atoms with van der Waals surface area (Å²) in [5.74, 6) is -0.418. The fraction of sp³-hybridized carbons (Fsp3) is 0.423. The third kappa shape index (κ3) is 7.63. The van der Waals surface area contributed by atoms with Crippen molar-refractivity contribution in [1.82, 2.24) is 5.32 Å². The van der Waals surface area contributed by atoms with Gasteiger partial charge in [-0.25, -0.2) is 0 Å². The highest BCUT2D eigenvalue weighted by atomic mass is 16.2. The zero-order valence-corrected chi connectivity index (χ0v) is 19.7. The van der Waals surface area contributed by atoms with Gasteiger partial charge >= 0.3 is 0 Å². The lowest BCUT2D eigenvalue weighted by Crippen LogP contribution is -2.36. The molecule has 0 heterocycles. The molecule has 0 spiro atoms. The monoisotopic (exact) mass is 450 g/mol. The van der Waals surface area contributed by atoms with E-state index >= 15 is 0 Å². The second kappa shape index (κ2) is 11.0. The number of benzene rings is 2. The smallest absolute Gasteiger partial charge is 0.251 e. The lowest BCUT2D eigenvalue weighted by Gasteiger charge is -2.22. The summed E-state index contributed by atoms with van der Waals surface area (Å²) in [5.41, 5.74) is 2.00.